The fraction of sp³-hybridized carbons (Fsp3) is 0.143. The van der Waals surface area contributed by atoms with E-state index in [4.69, 9.17) is 9.47 Å². The molecule has 0 unspecified atom stereocenters. The molecule has 0 aliphatic heterocycles. The van der Waals surface area contributed by atoms with Crippen LogP contribution in [0.25, 0.3) is 0 Å². The smallest absolute Gasteiger partial charge is 0.201 e. The Kier molecular flexibility index (Phi) is 3.57. The summed E-state index contributed by atoms with van der Waals surface area (Å²) in [6.45, 7) is 0.307. The molecule has 2 N–H and O–H groups in total. The minimum atomic E-state index is -0.119. The van der Waals surface area contributed by atoms with Crippen LogP contribution in [0.1, 0.15) is 5.56 Å². The third-order valence-electron chi connectivity index (χ3n) is 2.48. The Morgan fingerprint density at radius 2 is 1.67 bits per heavy atom. The van der Waals surface area contributed by atoms with Crippen LogP contribution in [0, 0.1) is 0 Å². The van der Waals surface area contributed by atoms with Crippen molar-refractivity contribution >= 4 is 0 Å². The molecule has 0 aliphatic carbocycles. The van der Waals surface area contributed by atoms with Gasteiger partial charge in [-0.25, -0.2) is 0 Å². The topological polar surface area (TPSA) is 58.9 Å². The lowest BCUT2D eigenvalue weighted by atomic mass is 10.2. The minimum Gasteiger partial charge on any atom is -0.508 e. The second-order valence-corrected chi connectivity index (χ2v) is 3.77. The maximum atomic E-state index is 9.83. The lowest BCUT2D eigenvalue weighted by Gasteiger charge is -2.11. The van der Waals surface area contributed by atoms with E-state index in [9.17, 15) is 10.2 Å². The van der Waals surface area contributed by atoms with E-state index in [2.05, 4.69) is 0 Å². The second-order valence-electron chi connectivity index (χ2n) is 3.77. The van der Waals surface area contributed by atoms with Crippen molar-refractivity contribution in [3.8, 4) is 23.0 Å². The van der Waals surface area contributed by atoms with Crippen LogP contribution in [0.4, 0.5) is 0 Å². The van der Waals surface area contributed by atoms with Gasteiger partial charge in [0.25, 0.3) is 0 Å². The highest BCUT2D eigenvalue weighted by molar-refractivity contribution is 5.54. The number of hydrogen-bond acceptors (Lipinski definition) is 4. The Balaban J connectivity index is 2.17. The van der Waals surface area contributed by atoms with Gasteiger partial charge >= 0.3 is 0 Å². The summed E-state index contributed by atoms with van der Waals surface area (Å²) in [5.74, 6) is 0.229. The van der Waals surface area contributed by atoms with E-state index in [1.54, 1.807) is 0 Å². The first-order chi connectivity index (χ1) is 8.70. The number of ether oxygens (including phenoxy) is 2. The number of phenols is 2. The highest BCUT2D eigenvalue weighted by Crippen LogP contribution is 2.39. The molecule has 18 heavy (non-hydrogen) atoms. The molecule has 2 aromatic carbocycles. The van der Waals surface area contributed by atoms with Crippen LogP contribution in [0.2, 0.25) is 0 Å². The molecule has 0 aromatic heterocycles. The van der Waals surface area contributed by atoms with Crippen LogP contribution in [0.3, 0.4) is 0 Å². The molecule has 0 aliphatic rings. The standard InChI is InChI=1S/C14H14O4/c1-17-12-7-11(15)8-13(14(12)16)18-9-10-5-3-2-4-6-10/h2-8,15-16H,9H2,1H3. The number of benzene rings is 2. The zero-order valence-corrected chi connectivity index (χ0v) is 9.96. The first-order valence-corrected chi connectivity index (χ1v) is 5.47. The molecular weight excluding hydrogens is 232 g/mol. The predicted octanol–water partition coefficient (Wildman–Crippen LogP) is 2.69. The number of hydrogen-bond donors (Lipinski definition) is 2. The lowest BCUT2D eigenvalue weighted by Crippen LogP contribution is -1.96. The molecule has 0 saturated carbocycles. The first kappa shape index (κ1) is 12.1. The fourth-order valence-corrected chi connectivity index (χ4v) is 1.57. The Labute approximate surface area is 105 Å². The summed E-state index contributed by atoms with van der Waals surface area (Å²) in [6, 6.07) is 12.2. The Morgan fingerprint density at radius 3 is 2.33 bits per heavy atom. The summed E-state index contributed by atoms with van der Waals surface area (Å²) in [5.41, 5.74) is 0.971. The quantitative estimate of drug-likeness (QED) is 0.814. The Hall–Kier alpha value is -2.36. The van der Waals surface area contributed by atoms with E-state index >= 15 is 0 Å². The van der Waals surface area contributed by atoms with Crippen LogP contribution in [-0.4, -0.2) is 17.3 Å². The van der Waals surface area contributed by atoms with Crippen LogP contribution in [0.5, 0.6) is 23.0 Å². The molecule has 4 nitrogen and oxygen atoms in total. The molecule has 0 bridgehead atoms. The SMILES string of the molecule is COc1cc(O)cc(OCc2ccccc2)c1O. The van der Waals surface area contributed by atoms with Gasteiger partial charge in [0, 0.05) is 12.1 Å². The van der Waals surface area contributed by atoms with Gasteiger partial charge in [0.15, 0.2) is 11.5 Å². The monoisotopic (exact) mass is 246 g/mol. The van der Waals surface area contributed by atoms with Crippen LogP contribution >= 0.6 is 0 Å². The van der Waals surface area contributed by atoms with Gasteiger partial charge in [0.1, 0.15) is 12.4 Å². The molecule has 2 rings (SSSR count). The van der Waals surface area contributed by atoms with Crippen molar-refractivity contribution < 1.29 is 19.7 Å². The number of methoxy groups -OCH3 is 1. The molecule has 0 heterocycles. The molecule has 2 aromatic rings. The minimum absolute atomic E-state index is 0.0206. The van der Waals surface area contributed by atoms with E-state index in [-0.39, 0.29) is 23.0 Å². The maximum Gasteiger partial charge on any atom is 0.201 e. The van der Waals surface area contributed by atoms with Crippen molar-refractivity contribution in [1.29, 1.82) is 0 Å². The summed E-state index contributed by atoms with van der Waals surface area (Å²) < 4.78 is 10.4. The number of aromatic hydroxyl groups is 2. The van der Waals surface area contributed by atoms with Crippen LogP contribution in [0.15, 0.2) is 42.5 Å². The van der Waals surface area contributed by atoms with Gasteiger partial charge in [-0.15, -0.1) is 0 Å². The highest BCUT2D eigenvalue weighted by atomic mass is 16.5. The zero-order valence-electron chi connectivity index (χ0n) is 9.96. The Bertz CT molecular complexity index is 523. The van der Waals surface area contributed by atoms with Gasteiger partial charge in [-0.05, 0) is 5.56 Å². The van der Waals surface area contributed by atoms with Crippen molar-refractivity contribution in [3.63, 3.8) is 0 Å². The fourth-order valence-electron chi connectivity index (χ4n) is 1.57. The van der Waals surface area contributed by atoms with Gasteiger partial charge in [0.05, 0.1) is 7.11 Å². The average Bonchev–Trinajstić information content (AvgIpc) is 2.40. The van der Waals surface area contributed by atoms with Crippen LogP contribution in [-0.2, 0) is 6.61 Å². The van der Waals surface area contributed by atoms with Crippen molar-refractivity contribution in [2.45, 2.75) is 6.61 Å². The van der Waals surface area contributed by atoms with Crippen molar-refractivity contribution in [2.24, 2.45) is 0 Å². The second kappa shape index (κ2) is 5.31. The van der Waals surface area contributed by atoms with E-state index in [0.717, 1.165) is 5.56 Å². The predicted molar refractivity (Wildman–Crippen MR) is 67.1 cm³/mol. The highest BCUT2D eigenvalue weighted by Gasteiger charge is 2.11. The maximum absolute atomic E-state index is 9.83. The molecule has 0 saturated heterocycles. The molecule has 0 amide bonds. The third kappa shape index (κ3) is 2.66. The molecule has 0 radical (unpaired) electrons. The van der Waals surface area contributed by atoms with E-state index in [1.807, 2.05) is 30.3 Å². The lowest BCUT2D eigenvalue weighted by molar-refractivity contribution is 0.278. The van der Waals surface area contributed by atoms with Gasteiger partial charge in [0.2, 0.25) is 5.75 Å². The summed E-state index contributed by atoms with van der Waals surface area (Å²) in [7, 11) is 1.41. The van der Waals surface area contributed by atoms with Gasteiger partial charge in [-0.3, -0.25) is 0 Å². The van der Waals surface area contributed by atoms with Crippen molar-refractivity contribution in [3.05, 3.63) is 48.0 Å². The molecular formula is C14H14O4. The average molecular weight is 246 g/mol. The van der Waals surface area contributed by atoms with E-state index in [1.165, 1.54) is 19.2 Å². The molecule has 0 spiro atoms. The van der Waals surface area contributed by atoms with E-state index in [0.29, 0.717) is 6.61 Å². The molecule has 4 heteroatoms. The van der Waals surface area contributed by atoms with Gasteiger partial charge in [-0.2, -0.15) is 0 Å². The number of phenolic OH excluding ortho intramolecular Hbond substituents is 2. The van der Waals surface area contributed by atoms with Crippen LogP contribution < -0.4 is 9.47 Å². The van der Waals surface area contributed by atoms with Crippen molar-refractivity contribution in [2.75, 3.05) is 7.11 Å². The van der Waals surface area contributed by atoms with Gasteiger partial charge < -0.3 is 19.7 Å². The molecule has 0 atom stereocenters. The first-order valence-electron chi connectivity index (χ1n) is 5.47. The van der Waals surface area contributed by atoms with E-state index < -0.39 is 0 Å². The normalized spacial score (nSPS) is 10.1. The van der Waals surface area contributed by atoms with Crippen molar-refractivity contribution in [1.82, 2.24) is 0 Å². The summed E-state index contributed by atoms with van der Waals surface area (Å²) in [4.78, 5) is 0. The molecule has 94 valence electrons. The largest absolute Gasteiger partial charge is 0.508 e. The summed E-state index contributed by atoms with van der Waals surface area (Å²) >= 11 is 0. The van der Waals surface area contributed by atoms with Gasteiger partial charge in [-0.1, -0.05) is 30.3 Å². The summed E-state index contributed by atoms with van der Waals surface area (Å²) in [5, 5.41) is 19.3. The number of rotatable bonds is 4. The zero-order chi connectivity index (χ0) is 13.0. The Morgan fingerprint density at radius 1 is 1.00 bits per heavy atom. The summed E-state index contributed by atoms with van der Waals surface area (Å²) in [6.07, 6.45) is 0. The third-order valence-corrected chi connectivity index (χ3v) is 2.48. The molecule has 0 fully saturated rings.